The first kappa shape index (κ1) is 11.2. The van der Waals surface area contributed by atoms with Crippen LogP contribution in [-0.4, -0.2) is 5.54 Å². The Labute approximate surface area is 97.3 Å². The summed E-state index contributed by atoms with van der Waals surface area (Å²) in [5.74, 6) is 0.459. The molecule has 0 spiro atoms. The number of benzene rings is 1. The van der Waals surface area contributed by atoms with Gasteiger partial charge in [-0.3, -0.25) is 5.32 Å². The number of hydrogen-bond donors (Lipinski definition) is 1. The first-order valence-electron chi connectivity index (χ1n) is 5.97. The quantitative estimate of drug-likeness (QED) is 0.839. The number of nitriles is 1. The second-order valence-corrected chi connectivity index (χ2v) is 4.72. The van der Waals surface area contributed by atoms with Crippen LogP contribution < -0.4 is 5.32 Å². The summed E-state index contributed by atoms with van der Waals surface area (Å²) >= 11 is 0. The van der Waals surface area contributed by atoms with Gasteiger partial charge < -0.3 is 0 Å². The molecule has 2 atom stereocenters. The molecule has 1 saturated carbocycles. The molecule has 1 aromatic rings. The Hall–Kier alpha value is -1.33. The summed E-state index contributed by atoms with van der Waals surface area (Å²) in [7, 11) is 0. The van der Waals surface area contributed by atoms with E-state index in [0.717, 1.165) is 25.8 Å². The molecule has 2 nitrogen and oxygen atoms in total. The van der Waals surface area contributed by atoms with Crippen LogP contribution in [0.4, 0.5) is 0 Å². The molecule has 0 radical (unpaired) electrons. The van der Waals surface area contributed by atoms with Crippen LogP contribution in [0.15, 0.2) is 30.3 Å². The molecule has 1 aromatic carbocycles. The van der Waals surface area contributed by atoms with Gasteiger partial charge >= 0.3 is 0 Å². The number of rotatable bonds is 3. The molecule has 0 heterocycles. The SMILES string of the molecule is CC1CCCC1(C#N)NCc1ccccc1. The van der Waals surface area contributed by atoms with Crippen molar-refractivity contribution in [1.82, 2.24) is 5.32 Å². The van der Waals surface area contributed by atoms with E-state index < -0.39 is 0 Å². The lowest BCUT2D eigenvalue weighted by Crippen LogP contribution is -2.45. The third kappa shape index (κ3) is 2.10. The van der Waals surface area contributed by atoms with Gasteiger partial charge in [0.05, 0.1) is 6.07 Å². The highest BCUT2D eigenvalue weighted by Gasteiger charge is 2.39. The zero-order valence-corrected chi connectivity index (χ0v) is 9.74. The maximum Gasteiger partial charge on any atom is 0.109 e. The lowest BCUT2D eigenvalue weighted by atomic mass is 9.89. The Balaban J connectivity index is 2.02. The summed E-state index contributed by atoms with van der Waals surface area (Å²) < 4.78 is 0. The molecule has 0 amide bonds. The maximum absolute atomic E-state index is 9.35. The van der Waals surface area contributed by atoms with Crippen molar-refractivity contribution in [3.63, 3.8) is 0 Å². The van der Waals surface area contributed by atoms with Crippen molar-refractivity contribution in [2.24, 2.45) is 5.92 Å². The number of nitrogens with zero attached hydrogens (tertiary/aromatic N) is 1. The van der Waals surface area contributed by atoms with Gasteiger partial charge in [-0.05, 0) is 24.3 Å². The second kappa shape index (κ2) is 4.67. The Morgan fingerprint density at radius 3 is 2.75 bits per heavy atom. The minimum atomic E-state index is -0.296. The first-order valence-corrected chi connectivity index (χ1v) is 5.97. The zero-order chi connectivity index (χ0) is 11.4. The molecule has 16 heavy (non-hydrogen) atoms. The van der Waals surface area contributed by atoms with Crippen molar-refractivity contribution >= 4 is 0 Å². The van der Waals surface area contributed by atoms with E-state index in [1.165, 1.54) is 5.56 Å². The fourth-order valence-electron chi connectivity index (χ4n) is 2.50. The van der Waals surface area contributed by atoms with E-state index in [-0.39, 0.29) is 5.54 Å². The largest absolute Gasteiger partial charge is 0.295 e. The Morgan fingerprint density at radius 1 is 1.44 bits per heavy atom. The predicted molar refractivity (Wildman–Crippen MR) is 64.6 cm³/mol. The van der Waals surface area contributed by atoms with Gasteiger partial charge in [0.25, 0.3) is 0 Å². The summed E-state index contributed by atoms with van der Waals surface area (Å²) in [4.78, 5) is 0. The molecule has 1 aliphatic carbocycles. The van der Waals surface area contributed by atoms with E-state index in [9.17, 15) is 5.26 Å². The summed E-state index contributed by atoms with van der Waals surface area (Å²) in [6.45, 7) is 2.97. The van der Waals surface area contributed by atoms with Gasteiger partial charge in [0, 0.05) is 6.54 Å². The minimum Gasteiger partial charge on any atom is -0.295 e. The number of nitrogens with one attached hydrogen (secondary N) is 1. The summed E-state index contributed by atoms with van der Waals surface area (Å²) in [6.07, 6.45) is 3.31. The molecule has 2 heteroatoms. The molecule has 1 fully saturated rings. The molecule has 84 valence electrons. The zero-order valence-electron chi connectivity index (χ0n) is 9.74. The van der Waals surface area contributed by atoms with Crippen LogP contribution in [0, 0.1) is 17.2 Å². The summed E-state index contributed by atoms with van der Waals surface area (Å²) in [6, 6.07) is 12.8. The highest BCUT2D eigenvalue weighted by molar-refractivity contribution is 5.18. The topological polar surface area (TPSA) is 35.8 Å². The molecule has 2 rings (SSSR count). The van der Waals surface area contributed by atoms with Gasteiger partial charge in [-0.2, -0.15) is 5.26 Å². The van der Waals surface area contributed by atoms with Gasteiger partial charge in [0.15, 0.2) is 0 Å². The smallest absolute Gasteiger partial charge is 0.109 e. The van der Waals surface area contributed by atoms with Gasteiger partial charge in [-0.1, -0.05) is 43.7 Å². The lowest BCUT2D eigenvalue weighted by molar-refractivity contribution is 0.334. The van der Waals surface area contributed by atoms with Crippen LogP contribution in [0.1, 0.15) is 31.7 Å². The molecular weight excluding hydrogens is 196 g/mol. The van der Waals surface area contributed by atoms with Crippen molar-refractivity contribution in [3.8, 4) is 6.07 Å². The second-order valence-electron chi connectivity index (χ2n) is 4.72. The Morgan fingerprint density at radius 2 is 2.19 bits per heavy atom. The van der Waals surface area contributed by atoms with Crippen molar-refractivity contribution in [1.29, 1.82) is 5.26 Å². The predicted octanol–water partition coefficient (Wildman–Crippen LogP) is 2.86. The molecule has 1 N–H and O–H groups in total. The van der Waals surface area contributed by atoms with E-state index in [0.29, 0.717) is 5.92 Å². The monoisotopic (exact) mass is 214 g/mol. The third-order valence-electron chi connectivity index (χ3n) is 3.70. The lowest BCUT2D eigenvalue weighted by Gasteiger charge is -2.27. The fourth-order valence-corrected chi connectivity index (χ4v) is 2.50. The van der Waals surface area contributed by atoms with E-state index >= 15 is 0 Å². The van der Waals surface area contributed by atoms with E-state index in [1.807, 2.05) is 18.2 Å². The van der Waals surface area contributed by atoms with Crippen LogP contribution >= 0.6 is 0 Å². The van der Waals surface area contributed by atoms with Crippen molar-refractivity contribution in [2.75, 3.05) is 0 Å². The normalized spacial score (nSPS) is 28.9. The third-order valence-corrected chi connectivity index (χ3v) is 3.70. The van der Waals surface area contributed by atoms with Gasteiger partial charge in [0.2, 0.25) is 0 Å². The summed E-state index contributed by atoms with van der Waals surface area (Å²) in [5.41, 5.74) is 0.951. The molecule has 2 unspecified atom stereocenters. The van der Waals surface area contributed by atoms with Gasteiger partial charge in [0.1, 0.15) is 5.54 Å². The highest BCUT2D eigenvalue weighted by atomic mass is 15.0. The molecule has 1 aliphatic rings. The Kier molecular flexibility index (Phi) is 3.26. The van der Waals surface area contributed by atoms with Crippen molar-refractivity contribution in [3.05, 3.63) is 35.9 Å². The van der Waals surface area contributed by atoms with Crippen molar-refractivity contribution < 1.29 is 0 Å². The molecule has 0 saturated heterocycles. The van der Waals surface area contributed by atoms with Crippen LogP contribution in [0.2, 0.25) is 0 Å². The Bertz CT molecular complexity index is 379. The van der Waals surface area contributed by atoms with E-state index in [1.54, 1.807) is 0 Å². The standard InChI is InChI=1S/C14H18N2/c1-12-6-5-9-14(12,11-15)16-10-13-7-3-2-4-8-13/h2-4,7-8,12,16H,5-6,9-10H2,1H3. The minimum absolute atomic E-state index is 0.296. The first-order chi connectivity index (χ1) is 7.77. The van der Waals surface area contributed by atoms with Crippen LogP contribution in [-0.2, 0) is 6.54 Å². The van der Waals surface area contributed by atoms with Crippen LogP contribution in [0.25, 0.3) is 0 Å². The molecule has 0 bridgehead atoms. The van der Waals surface area contributed by atoms with Crippen LogP contribution in [0.5, 0.6) is 0 Å². The average Bonchev–Trinajstić information content (AvgIpc) is 2.70. The molecule has 0 aliphatic heterocycles. The number of hydrogen-bond acceptors (Lipinski definition) is 2. The molecular formula is C14H18N2. The van der Waals surface area contributed by atoms with Gasteiger partial charge in [-0.25, -0.2) is 0 Å². The summed E-state index contributed by atoms with van der Waals surface area (Å²) in [5, 5.41) is 12.8. The van der Waals surface area contributed by atoms with E-state index in [2.05, 4.69) is 30.4 Å². The van der Waals surface area contributed by atoms with Crippen LogP contribution in [0.3, 0.4) is 0 Å². The van der Waals surface area contributed by atoms with E-state index in [4.69, 9.17) is 0 Å². The van der Waals surface area contributed by atoms with Gasteiger partial charge in [-0.15, -0.1) is 0 Å². The average molecular weight is 214 g/mol. The highest BCUT2D eigenvalue weighted by Crippen LogP contribution is 2.35. The van der Waals surface area contributed by atoms with Crippen molar-refractivity contribution in [2.45, 2.75) is 38.3 Å². The maximum atomic E-state index is 9.35. The fraction of sp³-hybridized carbons (Fsp3) is 0.500. The molecule has 0 aromatic heterocycles.